The van der Waals surface area contributed by atoms with Gasteiger partial charge in [0, 0.05) is 11.1 Å². The van der Waals surface area contributed by atoms with Gasteiger partial charge in [0.15, 0.2) is 0 Å². The van der Waals surface area contributed by atoms with Gasteiger partial charge in [0.05, 0.1) is 54.8 Å². The zero-order valence-electron chi connectivity index (χ0n) is 22.6. The molecule has 0 saturated heterocycles. The summed E-state index contributed by atoms with van der Waals surface area (Å²) in [6, 6.07) is 14.7. The van der Waals surface area contributed by atoms with Gasteiger partial charge in [-0.1, -0.05) is 0 Å². The van der Waals surface area contributed by atoms with Crippen LogP contribution in [0.4, 0.5) is 22.7 Å². The van der Waals surface area contributed by atoms with Gasteiger partial charge in [0.2, 0.25) is 9.84 Å². The lowest BCUT2D eigenvalue weighted by atomic mass is 10.1. The van der Waals surface area contributed by atoms with E-state index >= 15 is 0 Å². The summed E-state index contributed by atoms with van der Waals surface area (Å²) >= 11 is 0. The third kappa shape index (κ3) is 5.02. The number of fused-ring (bicyclic) bond motifs is 2. The van der Waals surface area contributed by atoms with Crippen LogP contribution in [0, 0.1) is 0 Å². The number of hydrogen-bond acceptors (Lipinski definition) is 12. The summed E-state index contributed by atoms with van der Waals surface area (Å²) in [5.74, 6) is -4.95. The van der Waals surface area contributed by atoms with Crippen molar-refractivity contribution in [3.05, 3.63) is 106 Å². The Kier molecular flexibility index (Phi) is 6.66. The van der Waals surface area contributed by atoms with Crippen LogP contribution in [0.3, 0.4) is 0 Å². The fraction of sp³-hybridized carbons (Fsp3) is 0. The van der Waals surface area contributed by atoms with E-state index in [0.29, 0.717) is 0 Å². The van der Waals surface area contributed by atoms with Crippen molar-refractivity contribution in [2.45, 2.75) is 9.79 Å². The number of cyclic esters (lactones) is 4. The van der Waals surface area contributed by atoms with Crippen molar-refractivity contribution in [2.24, 2.45) is 0 Å². The van der Waals surface area contributed by atoms with Gasteiger partial charge < -0.3 is 31.6 Å². The maximum atomic E-state index is 13.6. The van der Waals surface area contributed by atoms with Gasteiger partial charge in [-0.15, -0.1) is 0 Å². The second-order valence-corrected chi connectivity index (χ2v) is 11.7. The average molecular weight is 627 g/mol. The molecule has 15 heteroatoms. The SMILES string of the molecule is Nc1ccc(S(=O)(=O)c2ccc(N)c(NC(=O)c3ccc4c(c3)C(=O)OC4=O)c2)cc1NC(=O)c1ccc2c(c1)C(=O)OC2=O. The summed E-state index contributed by atoms with van der Waals surface area (Å²) in [7, 11) is -4.27. The topological polar surface area (TPSA) is 231 Å². The Morgan fingerprint density at radius 1 is 0.533 bits per heavy atom. The second-order valence-electron chi connectivity index (χ2n) is 9.78. The number of carbonyl (C=O) groups is 6. The third-order valence-corrected chi connectivity index (χ3v) is 8.73. The predicted molar refractivity (Wildman–Crippen MR) is 155 cm³/mol. The molecule has 0 aliphatic carbocycles. The first-order valence-electron chi connectivity index (χ1n) is 12.8. The minimum Gasteiger partial charge on any atom is -0.397 e. The highest BCUT2D eigenvalue weighted by molar-refractivity contribution is 7.91. The van der Waals surface area contributed by atoms with Gasteiger partial charge in [-0.25, -0.2) is 27.6 Å². The van der Waals surface area contributed by atoms with E-state index in [4.69, 9.17) is 11.5 Å². The van der Waals surface area contributed by atoms with Crippen LogP contribution in [0.2, 0.25) is 0 Å². The molecule has 2 heterocycles. The molecule has 0 spiro atoms. The number of rotatable bonds is 6. The molecule has 4 aromatic rings. The molecule has 0 unspecified atom stereocenters. The largest absolute Gasteiger partial charge is 0.397 e. The first kappa shape index (κ1) is 28.8. The van der Waals surface area contributed by atoms with Gasteiger partial charge in [-0.2, -0.15) is 0 Å². The maximum absolute atomic E-state index is 13.6. The van der Waals surface area contributed by atoms with Crippen LogP contribution in [0.15, 0.2) is 82.6 Å². The van der Waals surface area contributed by atoms with E-state index < -0.39 is 45.5 Å². The molecule has 0 fully saturated rings. The van der Waals surface area contributed by atoms with Crippen molar-refractivity contribution in [2.75, 3.05) is 22.1 Å². The Morgan fingerprint density at radius 2 is 0.911 bits per heavy atom. The van der Waals surface area contributed by atoms with Crippen LogP contribution < -0.4 is 22.1 Å². The van der Waals surface area contributed by atoms with Crippen LogP contribution in [-0.2, 0) is 19.3 Å². The lowest BCUT2D eigenvalue weighted by molar-refractivity contribution is 0.0425. The Hall–Kier alpha value is -6.35. The molecule has 2 amide bonds. The van der Waals surface area contributed by atoms with Crippen molar-refractivity contribution in [1.29, 1.82) is 0 Å². The summed E-state index contributed by atoms with van der Waals surface area (Å²) in [6.07, 6.45) is 0. The van der Waals surface area contributed by atoms with Gasteiger partial charge in [-0.05, 0) is 72.8 Å². The lowest BCUT2D eigenvalue weighted by Gasteiger charge is -2.13. The van der Waals surface area contributed by atoms with Gasteiger partial charge in [0.1, 0.15) is 0 Å². The molecule has 2 aliphatic heterocycles. The summed E-state index contributed by atoms with van der Waals surface area (Å²) in [6.45, 7) is 0. The molecular weight excluding hydrogens is 608 g/mol. The number of nitrogens with one attached hydrogen (secondary N) is 2. The van der Waals surface area contributed by atoms with Crippen LogP contribution in [0.5, 0.6) is 0 Å². The minimum absolute atomic E-state index is 0.0108. The number of esters is 4. The molecule has 0 bridgehead atoms. The van der Waals surface area contributed by atoms with Crippen molar-refractivity contribution in [1.82, 2.24) is 0 Å². The number of ether oxygens (including phenoxy) is 2. The molecule has 0 radical (unpaired) electrons. The normalized spacial score (nSPS) is 13.5. The van der Waals surface area contributed by atoms with Gasteiger partial charge in [-0.3, -0.25) is 9.59 Å². The van der Waals surface area contributed by atoms with Gasteiger partial charge >= 0.3 is 23.9 Å². The fourth-order valence-electron chi connectivity index (χ4n) is 4.60. The number of benzene rings is 4. The van der Waals surface area contributed by atoms with E-state index in [9.17, 15) is 37.2 Å². The quantitative estimate of drug-likeness (QED) is 0.137. The zero-order valence-corrected chi connectivity index (χ0v) is 23.4. The van der Waals surface area contributed by atoms with Crippen LogP contribution in [-0.4, -0.2) is 44.1 Å². The zero-order chi connectivity index (χ0) is 32.2. The Labute approximate surface area is 252 Å². The predicted octanol–water partition coefficient (Wildman–Crippen LogP) is 2.81. The highest BCUT2D eigenvalue weighted by atomic mass is 32.2. The Morgan fingerprint density at radius 3 is 1.31 bits per heavy atom. The molecule has 0 saturated carbocycles. The van der Waals surface area contributed by atoms with E-state index in [0.717, 1.165) is 12.1 Å². The van der Waals surface area contributed by atoms with Gasteiger partial charge in [0.25, 0.3) is 11.8 Å². The van der Waals surface area contributed by atoms with Crippen LogP contribution >= 0.6 is 0 Å². The van der Waals surface area contributed by atoms with E-state index in [1.807, 2.05) is 0 Å². The van der Waals surface area contributed by atoms with E-state index in [1.165, 1.54) is 60.7 Å². The minimum atomic E-state index is -4.27. The number of nitrogens with two attached hydrogens (primary N) is 2. The molecule has 0 aromatic heterocycles. The number of carbonyl (C=O) groups excluding carboxylic acids is 6. The number of anilines is 4. The molecule has 14 nitrogen and oxygen atoms in total. The first-order chi connectivity index (χ1) is 21.3. The van der Waals surface area contributed by atoms with E-state index in [-0.39, 0.29) is 65.9 Å². The van der Waals surface area contributed by atoms with E-state index in [1.54, 1.807) is 0 Å². The standard InChI is InChI=1S/C30H18N4O10S/c31-21-7-3-15(11-23(21)33-25(35)13-1-5-17-19(9-13)29(39)43-27(17)37)45(41,42)16-4-8-22(32)24(12-16)34-26(36)14-2-6-18-20(10-14)30(40)44-28(18)38/h1-12H,31-32H2,(H,33,35)(H,34,36). The highest BCUT2D eigenvalue weighted by Crippen LogP contribution is 2.32. The monoisotopic (exact) mass is 626 g/mol. The van der Waals surface area contributed by atoms with Crippen molar-refractivity contribution in [3.8, 4) is 0 Å². The molecule has 6 N–H and O–H groups in total. The number of amides is 2. The molecule has 2 aliphatic rings. The molecule has 0 atom stereocenters. The van der Waals surface area contributed by atoms with Crippen molar-refractivity contribution in [3.63, 3.8) is 0 Å². The average Bonchev–Trinajstić information content (AvgIpc) is 3.46. The molecule has 4 aromatic carbocycles. The molecule has 224 valence electrons. The number of hydrogen-bond donors (Lipinski definition) is 4. The van der Waals surface area contributed by atoms with Crippen molar-refractivity contribution < 1.29 is 46.7 Å². The number of sulfone groups is 1. The van der Waals surface area contributed by atoms with E-state index in [2.05, 4.69) is 20.1 Å². The lowest BCUT2D eigenvalue weighted by Crippen LogP contribution is -2.15. The summed E-state index contributed by atoms with van der Waals surface area (Å²) in [5, 5.41) is 5.00. The molecule has 6 rings (SSSR count). The molecular formula is C30H18N4O10S. The fourth-order valence-corrected chi connectivity index (χ4v) is 5.91. The van der Waals surface area contributed by atoms with Crippen LogP contribution in [0.25, 0.3) is 0 Å². The smallest absolute Gasteiger partial charge is 0.346 e. The first-order valence-corrected chi connectivity index (χ1v) is 14.3. The maximum Gasteiger partial charge on any atom is 0.346 e. The summed E-state index contributed by atoms with van der Waals surface area (Å²) < 4.78 is 36.2. The Bertz CT molecular complexity index is 2030. The number of nitrogen functional groups attached to an aromatic ring is 2. The second kappa shape index (κ2) is 10.4. The Balaban J connectivity index is 1.25. The molecule has 45 heavy (non-hydrogen) atoms. The third-order valence-electron chi connectivity index (χ3n) is 6.98. The van der Waals surface area contributed by atoms with Crippen LogP contribution in [0.1, 0.15) is 62.1 Å². The highest BCUT2D eigenvalue weighted by Gasteiger charge is 2.32. The summed E-state index contributed by atoms with van der Waals surface area (Å²) in [4.78, 5) is 72.5. The van der Waals surface area contributed by atoms with Crippen molar-refractivity contribution >= 4 is 68.3 Å². The summed E-state index contributed by atoms with van der Waals surface area (Å²) in [5.41, 5.74) is 11.8.